The number of hydrogen-bond acceptors (Lipinski definition) is 1. The molecule has 0 radical (unpaired) electrons. The molecule has 0 saturated carbocycles. The summed E-state index contributed by atoms with van der Waals surface area (Å²) in [6, 6.07) is 8.12. The second-order valence-electron chi connectivity index (χ2n) is 4.28. The van der Waals surface area contributed by atoms with Crippen LogP contribution >= 0.6 is 0 Å². The molecule has 1 heteroatoms. The molecule has 1 aromatic carbocycles. The minimum atomic E-state index is 0.125. The molecule has 0 heterocycles. The van der Waals surface area contributed by atoms with Crippen LogP contribution in [0.2, 0.25) is 0 Å². The van der Waals surface area contributed by atoms with Crippen LogP contribution in [0, 0.1) is 0 Å². The first kappa shape index (κ1) is 9.97. The molecule has 70 valence electrons. The summed E-state index contributed by atoms with van der Waals surface area (Å²) in [5, 5.41) is 0. The van der Waals surface area contributed by atoms with E-state index < -0.39 is 0 Å². The Hall–Kier alpha value is -1.11. The SMILES string of the molecule is CC(C)(C)c1ccccc1CC=O. The van der Waals surface area contributed by atoms with Crippen molar-refractivity contribution >= 4 is 6.29 Å². The van der Waals surface area contributed by atoms with Crippen LogP contribution in [0.1, 0.15) is 31.9 Å². The van der Waals surface area contributed by atoms with E-state index in [1.165, 1.54) is 5.56 Å². The fourth-order valence-corrected chi connectivity index (χ4v) is 1.52. The lowest BCUT2D eigenvalue weighted by Gasteiger charge is -2.21. The Morgan fingerprint density at radius 2 is 1.85 bits per heavy atom. The molecule has 0 aliphatic rings. The summed E-state index contributed by atoms with van der Waals surface area (Å²) in [7, 11) is 0. The molecule has 0 aliphatic carbocycles. The van der Waals surface area contributed by atoms with Gasteiger partial charge in [0.2, 0.25) is 0 Å². The summed E-state index contributed by atoms with van der Waals surface area (Å²) in [4.78, 5) is 10.5. The third-order valence-corrected chi connectivity index (χ3v) is 2.13. The molecule has 0 fully saturated rings. The fourth-order valence-electron chi connectivity index (χ4n) is 1.52. The molecule has 13 heavy (non-hydrogen) atoms. The van der Waals surface area contributed by atoms with Crippen LogP contribution in [-0.4, -0.2) is 6.29 Å². The van der Waals surface area contributed by atoms with E-state index in [1.807, 2.05) is 18.2 Å². The Morgan fingerprint density at radius 3 is 2.38 bits per heavy atom. The third kappa shape index (κ3) is 2.41. The summed E-state index contributed by atoms with van der Waals surface area (Å²) in [6.07, 6.45) is 1.48. The minimum absolute atomic E-state index is 0.125. The van der Waals surface area contributed by atoms with Gasteiger partial charge < -0.3 is 4.79 Å². The van der Waals surface area contributed by atoms with Crippen LogP contribution in [0.3, 0.4) is 0 Å². The number of carbonyl (C=O) groups excluding carboxylic acids is 1. The van der Waals surface area contributed by atoms with Crippen molar-refractivity contribution in [2.24, 2.45) is 0 Å². The Morgan fingerprint density at radius 1 is 1.23 bits per heavy atom. The Bertz CT molecular complexity index is 294. The maximum Gasteiger partial charge on any atom is 0.124 e. The zero-order valence-corrected chi connectivity index (χ0v) is 8.50. The van der Waals surface area contributed by atoms with Gasteiger partial charge >= 0.3 is 0 Å². The Kier molecular flexibility index (Phi) is 2.86. The largest absolute Gasteiger partial charge is 0.303 e. The van der Waals surface area contributed by atoms with Gasteiger partial charge in [-0.2, -0.15) is 0 Å². The van der Waals surface area contributed by atoms with Crippen LogP contribution in [0.4, 0.5) is 0 Å². The molecule has 1 nitrogen and oxygen atoms in total. The number of carbonyl (C=O) groups is 1. The lowest BCUT2D eigenvalue weighted by Crippen LogP contribution is -2.14. The Balaban J connectivity index is 3.11. The first-order chi connectivity index (χ1) is 6.05. The molecule has 0 bridgehead atoms. The van der Waals surface area contributed by atoms with Crippen LogP contribution in [0.5, 0.6) is 0 Å². The summed E-state index contributed by atoms with van der Waals surface area (Å²) in [5.74, 6) is 0. The predicted octanol–water partition coefficient (Wildman–Crippen LogP) is 2.73. The van der Waals surface area contributed by atoms with E-state index in [9.17, 15) is 4.79 Å². The molecule has 0 atom stereocenters. The second-order valence-corrected chi connectivity index (χ2v) is 4.28. The van der Waals surface area contributed by atoms with Crippen molar-refractivity contribution in [2.75, 3.05) is 0 Å². The summed E-state index contributed by atoms with van der Waals surface area (Å²) < 4.78 is 0. The van der Waals surface area contributed by atoms with Crippen LogP contribution in [0.15, 0.2) is 24.3 Å². The molecule has 0 N–H and O–H groups in total. The third-order valence-electron chi connectivity index (χ3n) is 2.13. The zero-order valence-electron chi connectivity index (χ0n) is 8.50. The summed E-state index contributed by atoms with van der Waals surface area (Å²) in [5.41, 5.74) is 2.53. The zero-order chi connectivity index (χ0) is 9.90. The van der Waals surface area contributed by atoms with Gasteiger partial charge in [-0.05, 0) is 16.5 Å². The molecule has 1 rings (SSSR count). The highest BCUT2D eigenvalue weighted by molar-refractivity contribution is 5.56. The van der Waals surface area contributed by atoms with E-state index in [2.05, 4.69) is 26.8 Å². The highest BCUT2D eigenvalue weighted by atomic mass is 16.1. The monoisotopic (exact) mass is 176 g/mol. The van der Waals surface area contributed by atoms with Crippen molar-refractivity contribution in [3.8, 4) is 0 Å². The normalized spacial score (nSPS) is 11.3. The molecule has 0 aromatic heterocycles. The van der Waals surface area contributed by atoms with Crippen LogP contribution < -0.4 is 0 Å². The van der Waals surface area contributed by atoms with Gasteiger partial charge in [0.15, 0.2) is 0 Å². The maximum atomic E-state index is 10.5. The first-order valence-electron chi connectivity index (χ1n) is 4.57. The van der Waals surface area contributed by atoms with E-state index >= 15 is 0 Å². The van der Waals surface area contributed by atoms with Gasteiger partial charge in [0, 0.05) is 6.42 Å². The predicted molar refractivity (Wildman–Crippen MR) is 54.9 cm³/mol. The number of hydrogen-bond donors (Lipinski definition) is 0. The van der Waals surface area contributed by atoms with Gasteiger partial charge in [-0.25, -0.2) is 0 Å². The standard InChI is InChI=1S/C12H16O/c1-12(2,3)11-7-5-4-6-10(11)8-9-13/h4-7,9H,8H2,1-3H3. The molecule has 0 aliphatic heterocycles. The minimum Gasteiger partial charge on any atom is -0.303 e. The van der Waals surface area contributed by atoms with Gasteiger partial charge in [-0.3, -0.25) is 0 Å². The van der Waals surface area contributed by atoms with Crippen molar-refractivity contribution in [2.45, 2.75) is 32.6 Å². The van der Waals surface area contributed by atoms with Gasteiger partial charge in [0.25, 0.3) is 0 Å². The highest BCUT2D eigenvalue weighted by Crippen LogP contribution is 2.25. The Labute approximate surface area is 79.8 Å². The number of benzene rings is 1. The van der Waals surface area contributed by atoms with Gasteiger partial charge in [0.05, 0.1) is 0 Å². The van der Waals surface area contributed by atoms with Crippen LogP contribution in [0.25, 0.3) is 0 Å². The average Bonchev–Trinajstić information content (AvgIpc) is 2.04. The second kappa shape index (κ2) is 3.73. The van der Waals surface area contributed by atoms with E-state index in [-0.39, 0.29) is 5.41 Å². The van der Waals surface area contributed by atoms with E-state index in [0.717, 1.165) is 11.8 Å². The summed E-state index contributed by atoms with van der Waals surface area (Å²) >= 11 is 0. The quantitative estimate of drug-likeness (QED) is 0.633. The number of rotatable bonds is 2. The molecule has 0 unspecified atom stereocenters. The molecule has 0 spiro atoms. The van der Waals surface area contributed by atoms with Crippen molar-refractivity contribution in [1.82, 2.24) is 0 Å². The van der Waals surface area contributed by atoms with Crippen molar-refractivity contribution in [3.63, 3.8) is 0 Å². The lowest BCUT2D eigenvalue weighted by atomic mass is 9.83. The smallest absolute Gasteiger partial charge is 0.124 e. The van der Waals surface area contributed by atoms with Crippen molar-refractivity contribution in [3.05, 3.63) is 35.4 Å². The molecule has 0 amide bonds. The topological polar surface area (TPSA) is 17.1 Å². The maximum absolute atomic E-state index is 10.5. The fraction of sp³-hybridized carbons (Fsp3) is 0.417. The van der Waals surface area contributed by atoms with Gasteiger partial charge in [0.1, 0.15) is 6.29 Å². The van der Waals surface area contributed by atoms with Crippen molar-refractivity contribution in [1.29, 1.82) is 0 Å². The number of aldehydes is 1. The highest BCUT2D eigenvalue weighted by Gasteiger charge is 2.16. The molecular weight excluding hydrogens is 160 g/mol. The molecule has 0 saturated heterocycles. The van der Waals surface area contributed by atoms with Crippen molar-refractivity contribution < 1.29 is 4.79 Å². The molecule has 1 aromatic rings. The van der Waals surface area contributed by atoms with E-state index in [1.54, 1.807) is 0 Å². The average molecular weight is 176 g/mol. The lowest BCUT2D eigenvalue weighted by molar-refractivity contribution is -0.107. The summed E-state index contributed by atoms with van der Waals surface area (Å²) in [6.45, 7) is 6.49. The van der Waals surface area contributed by atoms with Gasteiger partial charge in [-0.1, -0.05) is 45.0 Å². The molecular formula is C12H16O. The first-order valence-corrected chi connectivity index (χ1v) is 4.57. The van der Waals surface area contributed by atoms with E-state index in [0.29, 0.717) is 6.42 Å². The van der Waals surface area contributed by atoms with Crippen LogP contribution in [-0.2, 0) is 16.6 Å². The van der Waals surface area contributed by atoms with E-state index in [4.69, 9.17) is 0 Å². The van der Waals surface area contributed by atoms with Gasteiger partial charge in [-0.15, -0.1) is 0 Å².